The van der Waals surface area contributed by atoms with Crippen LogP contribution >= 0.6 is 11.6 Å². The highest BCUT2D eigenvalue weighted by atomic mass is 35.5. The minimum absolute atomic E-state index is 0.0150. The van der Waals surface area contributed by atoms with Gasteiger partial charge in [0, 0.05) is 18.2 Å². The van der Waals surface area contributed by atoms with Crippen LogP contribution in [-0.4, -0.2) is 30.9 Å². The van der Waals surface area contributed by atoms with Gasteiger partial charge in [0.25, 0.3) is 5.69 Å². The summed E-state index contributed by atoms with van der Waals surface area (Å²) in [7, 11) is -3.02. The third-order valence-electron chi connectivity index (χ3n) is 3.15. The van der Waals surface area contributed by atoms with Gasteiger partial charge in [0.2, 0.25) is 0 Å². The minimum Gasteiger partial charge on any atom is -0.377 e. The monoisotopic (exact) mass is 322 g/mol. The third kappa shape index (κ3) is 3.37. The van der Waals surface area contributed by atoms with Crippen molar-refractivity contribution in [3.05, 3.63) is 33.1 Å². The molecule has 9 heteroatoms. The smallest absolute Gasteiger partial charge is 0.294 e. The summed E-state index contributed by atoms with van der Waals surface area (Å²) in [4.78, 5) is 10.3. The molecule has 1 aliphatic heterocycles. The van der Waals surface area contributed by atoms with Gasteiger partial charge in [0.05, 0.1) is 21.5 Å². The fourth-order valence-electron chi connectivity index (χ4n) is 2.06. The second-order valence-electron chi connectivity index (χ2n) is 4.61. The summed E-state index contributed by atoms with van der Waals surface area (Å²) < 4.78 is 36.0. The highest BCUT2D eigenvalue weighted by molar-refractivity contribution is 7.91. The van der Waals surface area contributed by atoms with E-state index in [1.807, 2.05) is 0 Å². The molecule has 0 aromatic heterocycles. The van der Waals surface area contributed by atoms with Crippen LogP contribution in [0, 0.1) is 15.9 Å². The summed E-state index contributed by atoms with van der Waals surface area (Å²) in [5, 5.41) is 13.4. The maximum atomic E-state index is 13.4. The van der Waals surface area contributed by atoms with Gasteiger partial charge in [-0.15, -0.1) is 0 Å². The second-order valence-corrected chi connectivity index (χ2v) is 7.32. The average molecular weight is 323 g/mol. The Hall–Kier alpha value is -1.41. The highest BCUT2D eigenvalue weighted by Crippen LogP contribution is 2.31. The summed E-state index contributed by atoms with van der Waals surface area (Å²) in [5.74, 6) is -0.716. The third-order valence-corrected chi connectivity index (χ3v) is 5.15. The molecule has 1 aromatic rings. The van der Waals surface area contributed by atoms with Crippen LogP contribution in [0.3, 0.4) is 0 Å². The number of nitrogens with one attached hydrogen (secondary N) is 1. The average Bonchev–Trinajstić information content (AvgIpc) is 2.35. The number of nitro groups is 1. The summed E-state index contributed by atoms with van der Waals surface area (Å²) in [6, 6.07) is 1.67. The molecule has 110 valence electrons. The Morgan fingerprint density at radius 3 is 2.50 bits per heavy atom. The number of anilines is 1. The Morgan fingerprint density at radius 1 is 1.35 bits per heavy atom. The van der Waals surface area contributed by atoms with Gasteiger partial charge in [-0.05, 0) is 12.8 Å². The normalized spacial score (nSPS) is 18.7. The Morgan fingerprint density at radius 2 is 1.95 bits per heavy atom. The summed E-state index contributed by atoms with van der Waals surface area (Å²) in [6.07, 6.45) is 0.674. The largest absolute Gasteiger partial charge is 0.377 e. The van der Waals surface area contributed by atoms with Crippen molar-refractivity contribution in [2.24, 2.45) is 0 Å². The van der Waals surface area contributed by atoms with Gasteiger partial charge in [-0.3, -0.25) is 10.1 Å². The number of nitro benzene ring substituents is 1. The Balaban J connectivity index is 2.21. The molecule has 2 rings (SSSR count). The van der Waals surface area contributed by atoms with Gasteiger partial charge in [-0.2, -0.15) is 0 Å². The minimum atomic E-state index is -3.02. The summed E-state index contributed by atoms with van der Waals surface area (Å²) >= 11 is 5.52. The number of hydrogen-bond donors (Lipinski definition) is 1. The zero-order chi connectivity index (χ0) is 14.9. The number of rotatable bonds is 3. The molecule has 1 saturated heterocycles. The molecule has 0 aliphatic carbocycles. The molecular weight excluding hydrogens is 311 g/mol. The van der Waals surface area contributed by atoms with E-state index in [2.05, 4.69) is 5.32 Å². The Kier molecular flexibility index (Phi) is 4.14. The number of hydrogen-bond acceptors (Lipinski definition) is 5. The van der Waals surface area contributed by atoms with Crippen molar-refractivity contribution >= 4 is 32.8 Å². The van der Waals surface area contributed by atoms with Gasteiger partial charge in [0.15, 0.2) is 0 Å². The van der Waals surface area contributed by atoms with E-state index in [0.717, 1.165) is 12.1 Å². The van der Waals surface area contributed by atoms with Crippen molar-refractivity contribution in [1.29, 1.82) is 0 Å². The standard InChI is InChI=1S/C11H12ClFN2O4S/c12-8-5-11(15(16)17)10(6-9(8)13)14-7-1-3-20(18,19)4-2-7/h5-7,14H,1-4H2. The molecular formula is C11H12ClFN2O4S. The maximum absolute atomic E-state index is 13.4. The first-order valence-corrected chi connectivity index (χ1v) is 8.09. The van der Waals surface area contributed by atoms with E-state index in [1.54, 1.807) is 0 Å². The zero-order valence-electron chi connectivity index (χ0n) is 10.3. The lowest BCUT2D eigenvalue weighted by Crippen LogP contribution is -2.32. The van der Waals surface area contributed by atoms with Crippen molar-refractivity contribution < 1.29 is 17.7 Å². The topological polar surface area (TPSA) is 89.3 Å². The molecule has 0 spiro atoms. The van der Waals surface area contributed by atoms with Crippen molar-refractivity contribution in [2.45, 2.75) is 18.9 Å². The van der Waals surface area contributed by atoms with E-state index in [1.165, 1.54) is 0 Å². The predicted octanol–water partition coefficient (Wildman–Crippen LogP) is 2.38. The fourth-order valence-corrected chi connectivity index (χ4v) is 3.71. The molecule has 0 radical (unpaired) electrons. The molecule has 0 bridgehead atoms. The highest BCUT2D eigenvalue weighted by Gasteiger charge is 2.26. The first-order valence-electron chi connectivity index (χ1n) is 5.89. The number of nitrogens with zero attached hydrogens (tertiary/aromatic N) is 1. The van der Waals surface area contributed by atoms with Crippen LogP contribution in [-0.2, 0) is 9.84 Å². The molecule has 0 saturated carbocycles. The van der Waals surface area contributed by atoms with Crippen LogP contribution in [0.1, 0.15) is 12.8 Å². The van der Waals surface area contributed by atoms with E-state index in [-0.39, 0.29) is 33.9 Å². The van der Waals surface area contributed by atoms with Crippen LogP contribution in [0.25, 0.3) is 0 Å². The number of benzene rings is 1. The molecule has 1 fully saturated rings. The van der Waals surface area contributed by atoms with E-state index in [0.29, 0.717) is 12.8 Å². The van der Waals surface area contributed by atoms with E-state index >= 15 is 0 Å². The Labute approximate surface area is 120 Å². The van der Waals surface area contributed by atoms with E-state index in [4.69, 9.17) is 11.6 Å². The molecule has 20 heavy (non-hydrogen) atoms. The molecule has 0 amide bonds. The Bertz CT molecular complexity index is 636. The molecule has 6 nitrogen and oxygen atoms in total. The van der Waals surface area contributed by atoms with Gasteiger partial charge in [0.1, 0.15) is 21.3 Å². The van der Waals surface area contributed by atoms with Crippen molar-refractivity contribution in [1.82, 2.24) is 0 Å². The summed E-state index contributed by atoms with van der Waals surface area (Å²) in [5.41, 5.74) is -0.314. The second kappa shape index (κ2) is 5.53. The molecule has 1 heterocycles. The molecule has 1 N–H and O–H groups in total. The molecule has 1 aromatic carbocycles. The SMILES string of the molecule is O=[N+]([O-])c1cc(Cl)c(F)cc1NC1CCS(=O)(=O)CC1. The van der Waals surface area contributed by atoms with Gasteiger partial charge < -0.3 is 5.32 Å². The van der Waals surface area contributed by atoms with Crippen molar-refractivity contribution in [2.75, 3.05) is 16.8 Å². The van der Waals surface area contributed by atoms with Crippen molar-refractivity contribution in [3.63, 3.8) is 0 Å². The van der Waals surface area contributed by atoms with Crippen LogP contribution in [0.15, 0.2) is 12.1 Å². The fraction of sp³-hybridized carbons (Fsp3) is 0.455. The lowest BCUT2D eigenvalue weighted by atomic mass is 10.1. The predicted molar refractivity (Wildman–Crippen MR) is 73.4 cm³/mol. The molecule has 0 unspecified atom stereocenters. The first kappa shape index (κ1) is 15.0. The van der Waals surface area contributed by atoms with Gasteiger partial charge in [-0.1, -0.05) is 11.6 Å². The van der Waals surface area contributed by atoms with Crippen LogP contribution in [0.4, 0.5) is 15.8 Å². The summed E-state index contributed by atoms with van der Waals surface area (Å²) in [6.45, 7) is 0. The lowest BCUT2D eigenvalue weighted by Gasteiger charge is -2.23. The number of sulfone groups is 1. The quantitative estimate of drug-likeness (QED) is 0.681. The van der Waals surface area contributed by atoms with Gasteiger partial charge >= 0.3 is 0 Å². The van der Waals surface area contributed by atoms with E-state index < -0.39 is 20.6 Å². The van der Waals surface area contributed by atoms with Gasteiger partial charge in [-0.25, -0.2) is 12.8 Å². The van der Waals surface area contributed by atoms with Crippen molar-refractivity contribution in [3.8, 4) is 0 Å². The maximum Gasteiger partial charge on any atom is 0.294 e. The molecule has 0 atom stereocenters. The lowest BCUT2D eigenvalue weighted by molar-refractivity contribution is -0.384. The number of halogens is 2. The van der Waals surface area contributed by atoms with Crippen LogP contribution in [0.5, 0.6) is 0 Å². The molecule has 1 aliphatic rings. The van der Waals surface area contributed by atoms with Crippen LogP contribution in [0.2, 0.25) is 5.02 Å². The van der Waals surface area contributed by atoms with Crippen LogP contribution < -0.4 is 5.32 Å². The zero-order valence-corrected chi connectivity index (χ0v) is 11.9. The first-order chi connectivity index (χ1) is 9.28. The van der Waals surface area contributed by atoms with E-state index in [9.17, 15) is 22.9 Å².